The summed E-state index contributed by atoms with van der Waals surface area (Å²) in [6, 6.07) is 1.70. The van der Waals surface area contributed by atoms with Crippen LogP contribution >= 0.6 is 0 Å². The van der Waals surface area contributed by atoms with Crippen molar-refractivity contribution in [3.05, 3.63) is 22.8 Å². The lowest BCUT2D eigenvalue weighted by molar-refractivity contribution is 0.0613. The molecule has 0 atom stereocenters. The van der Waals surface area contributed by atoms with Crippen molar-refractivity contribution < 1.29 is 19.4 Å². The van der Waals surface area contributed by atoms with E-state index in [0.29, 0.717) is 17.6 Å². The molecule has 4 heteroatoms. The van der Waals surface area contributed by atoms with E-state index in [2.05, 4.69) is 0 Å². The monoisotopic (exact) mass is 262 g/mol. The first-order valence-electron chi connectivity index (χ1n) is 6.34. The van der Waals surface area contributed by atoms with Crippen LogP contribution < -0.4 is 4.74 Å². The number of Topliss-reactive ketones (excluding diaryl/α,β-unsaturated/α-hetero) is 1. The molecular weight excluding hydrogens is 244 g/mol. The number of ether oxygens (including phenoxy) is 1. The maximum atomic E-state index is 12.1. The second-order valence-corrected chi connectivity index (χ2v) is 5.84. The highest BCUT2D eigenvalue weighted by molar-refractivity contribution is 6.05. The first-order chi connectivity index (χ1) is 8.76. The van der Waals surface area contributed by atoms with Crippen LogP contribution in [0.25, 0.3) is 0 Å². The fourth-order valence-corrected chi connectivity index (χ4v) is 2.44. The number of hydrogen-bond donors (Lipinski definition) is 1. The number of aromatic hydroxyl groups is 1. The van der Waals surface area contributed by atoms with Gasteiger partial charge in [-0.25, -0.2) is 0 Å². The molecule has 0 radical (unpaired) electrons. The maximum Gasteiger partial charge on any atom is 0.174 e. The summed E-state index contributed by atoms with van der Waals surface area (Å²) in [5.41, 5.74) is 0.418. The van der Waals surface area contributed by atoms with Crippen LogP contribution in [-0.4, -0.2) is 22.8 Å². The summed E-state index contributed by atoms with van der Waals surface area (Å²) in [5.74, 6) is -0.0213. The first-order valence-corrected chi connectivity index (χ1v) is 6.34. The number of hydrogen-bond acceptors (Lipinski definition) is 4. The van der Waals surface area contributed by atoms with Crippen molar-refractivity contribution in [1.29, 1.82) is 0 Å². The minimum absolute atomic E-state index is 0.0557. The Bertz CT molecular complexity index is 556. The van der Waals surface area contributed by atoms with Crippen molar-refractivity contribution >= 4 is 12.1 Å². The van der Waals surface area contributed by atoms with Gasteiger partial charge in [0.1, 0.15) is 22.7 Å². The van der Waals surface area contributed by atoms with Gasteiger partial charge in [-0.2, -0.15) is 0 Å². The molecule has 0 spiro atoms. The Morgan fingerprint density at radius 3 is 2.58 bits per heavy atom. The predicted octanol–water partition coefficient (Wildman–Crippen LogP) is 3.07. The molecule has 1 aromatic rings. The van der Waals surface area contributed by atoms with Crippen molar-refractivity contribution in [1.82, 2.24) is 0 Å². The van der Waals surface area contributed by atoms with Gasteiger partial charge in [0, 0.05) is 0 Å². The molecule has 4 nitrogen and oxygen atoms in total. The van der Waals surface area contributed by atoms with Crippen molar-refractivity contribution in [2.24, 2.45) is 0 Å². The van der Waals surface area contributed by atoms with E-state index in [1.807, 2.05) is 27.7 Å². The quantitative estimate of drug-likeness (QED) is 0.832. The third kappa shape index (κ3) is 2.23. The van der Waals surface area contributed by atoms with E-state index in [1.165, 1.54) is 0 Å². The van der Waals surface area contributed by atoms with Gasteiger partial charge in [0.25, 0.3) is 0 Å². The average molecular weight is 262 g/mol. The zero-order valence-electron chi connectivity index (χ0n) is 11.6. The lowest BCUT2D eigenvalue weighted by Crippen LogP contribution is -2.36. The highest BCUT2D eigenvalue weighted by Gasteiger charge is 2.36. The molecule has 0 saturated carbocycles. The molecule has 0 aliphatic carbocycles. The largest absolute Gasteiger partial charge is 0.506 e. The van der Waals surface area contributed by atoms with Crippen LogP contribution in [0.4, 0.5) is 0 Å². The molecule has 0 unspecified atom stereocenters. The van der Waals surface area contributed by atoms with Gasteiger partial charge in [-0.1, -0.05) is 13.8 Å². The van der Waals surface area contributed by atoms with E-state index in [0.717, 1.165) is 0 Å². The molecule has 0 fully saturated rings. The van der Waals surface area contributed by atoms with Gasteiger partial charge >= 0.3 is 0 Å². The summed E-state index contributed by atoms with van der Waals surface area (Å²) in [6.45, 7) is 7.50. The number of ketones is 1. The standard InChI is InChI=1S/C15H18O4/c1-8(2)9-5-12-13(14(18)10(9)7-16)11(17)6-15(3,4)19-12/h5,7-8,18H,6H2,1-4H3. The molecule has 1 aromatic carbocycles. The number of aldehydes is 1. The summed E-state index contributed by atoms with van der Waals surface area (Å²) >= 11 is 0. The molecule has 1 N–H and O–H groups in total. The van der Waals surface area contributed by atoms with E-state index < -0.39 is 5.60 Å². The van der Waals surface area contributed by atoms with Gasteiger partial charge in [-0.3, -0.25) is 9.59 Å². The summed E-state index contributed by atoms with van der Waals surface area (Å²) < 4.78 is 5.76. The van der Waals surface area contributed by atoms with Gasteiger partial charge in [-0.15, -0.1) is 0 Å². The van der Waals surface area contributed by atoms with Crippen LogP contribution in [0.5, 0.6) is 11.5 Å². The minimum atomic E-state index is -0.590. The number of benzene rings is 1. The topological polar surface area (TPSA) is 63.6 Å². The van der Waals surface area contributed by atoms with Crippen molar-refractivity contribution in [3.8, 4) is 11.5 Å². The summed E-state index contributed by atoms with van der Waals surface area (Å²) in [5, 5.41) is 10.2. The third-order valence-electron chi connectivity index (χ3n) is 3.33. The van der Waals surface area contributed by atoms with E-state index in [-0.39, 0.29) is 35.0 Å². The zero-order valence-corrected chi connectivity index (χ0v) is 11.6. The number of rotatable bonds is 2. The van der Waals surface area contributed by atoms with Gasteiger partial charge in [0.2, 0.25) is 0 Å². The Kier molecular flexibility index (Phi) is 3.12. The summed E-state index contributed by atoms with van der Waals surface area (Å²) in [6.07, 6.45) is 0.783. The van der Waals surface area contributed by atoms with Crippen LogP contribution in [0.15, 0.2) is 6.07 Å². The average Bonchev–Trinajstić information content (AvgIpc) is 2.25. The van der Waals surface area contributed by atoms with Crippen LogP contribution in [0.3, 0.4) is 0 Å². The Labute approximate surface area is 112 Å². The number of phenols is 1. The molecule has 19 heavy (non-hydrogen) atoms. The molecule has 102 valence electrons. The Balaban J connectivity index is 2.72. The maximum absolute atomic E-state index is 12.1. The Morgan fingerprint density at radius 1 is 1.42 bits per heavy atom. The normalized spacial score (nSPS) is 17.0. The molecule has 0 bridgehead atoms. The molecule has 1 aliphatic rings. The summed E-state index contributed by atoms with van der Waals surface area (Å²) in [4.78, 5) is 23.3. The van der Waals surface area contributed by atoms with Gasteiger partial charge in [0.05, 0.1) is 12.0 Å². The fourth-order valence-electron chi connectivity index (χ4n) is 2.44. The number of carbonyl (C=O) groups is 2. The van der Waals surface area contributed by atoms with Crippen molar-refractivity contribution in [3.63, 3.8) is 0 Å². The smallest absolute Gasteiger partial charge is 0.174 e. The van der Waals surface area contributed by atoms with Crippen LogP contribution in [-0.2, 0) is 0 Å². The number of carbonyl (C=O) groups excluding carboxylic acids is 2. The fraction of sp³-hybridized carbons (Fsp3) is 0.467. The first kappa shape index (κ1) is 13.6. The molecule has 0 aromatic heterocycles. The molecule has 0 saturated heterocycles. The van der Waals surface area contributed by atoms with E-state index in [1.54, 1.807) is 6.07 Å². The van der Waals surface area contributed by atoms with Crippen LogP contribution in [0, 0.1) is 0 Å². The van der Waals surface area contributed by atoms with E-state index in [4.69, 9.17) is 4.74 Å². The van der Waals surface area contributed by atoms with Crippen LogP contribution in [0.2, 0.25) is 0 Å². The predicted molar refractivity (Wildman–Crippen MR) is 71.2 cm³/mol. The number of phenolic OH excluding ortho intramolecular Hbond substituents is 1. The molecule has 1 aliphatic heterocycles. The highest BCUT2D eigenvalue weighted by Crippen LogP contribution is 2.42. The second-order valence-electron chi connectivity index (χ2n) is 5.84. The molecule has 2 rings (SSSR count). The second kappa shape index (κ2) is 4.37. The molecular formula is C15H18O4. The molecule has 1 heterocycles. The third-order valence-corrected chi connectivity index (χ3v) is 3.33. The van der Waals surface area contributed by atoms with Crippen LogP contribution in [0.1, 0.15) is 66.3 Å². The van der Waals surface area contributed by atoms with Gasteiger partial charge < -0.3 is 9.84 Å². The minimum Gasteiger partial charge on any atom is -0.506 e. The van der Waals surface area contributed by atoms with E-state index >= 15 is 0 Å². The van der Waals surface area contributed by atoms with Gasteiger partial charge in [0.15, 0.2) is 12.1 Å². The van der Waals surface area contributed by atoms with Crippen molar-refractivity contribution in [2.75, 3.05) is 0 Å². The SMILES string of the molecule is CC(C)c1cc2c(c(O)c1C=O)C(=O)CC(C)(C)O2. The lowest BCUT2D eigenvalue weighted by Gasteiger charge is -2.32. The Morgan fingerprint density at radius 2 is 2.05 bits per heavy atom. The highest BCUT2D eigenvalue weighted by atomic mass is 16.5. The number of fused-ring (bicyclic) bond motifs is 1. The Hall–Kier alpha value is -1.84. The molecule has 0 amide bonds. The van der Waals surface area contributed by atoms with Crippen molar-refractivity contribution in [2.45, 2.75) is 45.6 Å². The summed E-state index contributed by atoms with van der Waals surface area (Å²) in [7, 11) is 0. The van der Waals surface area contributed by atoms with Gasteiger partial charge in [-0.05, 0) is 31.4 Å². The van der Waals surface area contributed by atoms with E-state index in [9.17, 15) is 14.7 Å². The lowest BCUT2D eigenvalue weighted by atomic mass is 9.87. The zero-order chi connectivity index (χ0) is 14.4.